The van der Waals surface area contributed by atoms with E-state index in [1.54, 1.807) is 61.5 Å². The molecule has 0 fully saturated rings. The third kappa shape index (κ3) is 6.25. The second kappa shape index (κ2) is 12.1. The minimum Gasteiger partial charge on any atom is -0.357 e. The number of amides is 2. The number of halogens is 1. The SMILES string of the molecule is CCc1ccc(N(CC(=O)N(Cc2ccccc2Cl)C(C)C(=O)NC)S(=O)(=O)c2ccccc2)cc1. The minimum absolute atomic E-state index is 0.0427. The molecule has 0 bridgehead atoms. The molecule has 0 aliphatic rings. The topological polar surface area (TPSA) is 86.8 Å². The zero-order valence-electron chi connectivity index (χ0n) is 20.5. The third-order valence-electron chi connectivity index (χ3n) is 5.95. The molecule has 0 saturated carbocycles. The van der Waals surface area contributed by atoms with Gasteiger partial charge in [0, 0.05) is 18.6 Å². The summed E-state index contributed by atoms with van der Waals surface area (Å²) in [6.45, 7) is 3.15. The van der Waals surface area contributed by atoms with Crippen molar-refractivity contribution in [1.29, 1.82) is 0 Å². The van der Waals surface area contributed by atoms with Crippen LogP contribution in [0.15, 0.2) is 83.8 Å². The van der Waals surface area contributed by atoms with Gasteiger partial charge in [0.25, 0.3) is 10.0 Å². The van der Waals surface area contributed by atoms with Crippen LogP contribution in [0.1, 0.15) is 25.0 Å². The van der Waals surface area contributed by atoms with Crippen LogP contribution in [0.3, 0.4) is 0 Å². The molecule has 0 radical (unpaired) electrons. The van der Waals surface area contributed by atoms with Crippen molar-refractivity contribution in [3.8, 4) is 0 Å². The molecule has 0 aliphatic heterocycles. The minimum atomic E-state index is -4.08. The Labute approximate surface area is 217 Å². The van der Waals surface area contributed by atoms with E-state index in [-0.39, 0.29) is 17.3 Å². The number of anilines is 1. The Morgan fingerprint density at radius 1 is 0.944 bits per heavy atom. The Balaban J connectivity index is 2.03. The normalized spacial score (nSPS) is 12.0. The van der Waals surface area contributed by atoms with Crippen molar-refractivity contribution in [3.63, 3.8) is 0 Å². The largest absolute Gasteiger partial charge is 0.357 e. The van der Waals surface area contributed by atoms with E-state index >= 15 is 0 Å². The standard InChI is InChI=1S/C27H30ClN3O4S/c1-4-21-14-16-23(17-15-21)31(36(34,35)24-11-6-5-7-12-24)19-26(32)30(20(2)27(33)29-3)18-22-10-8-9-13-25(22)28/h5-17,20H,4,18-19H2,1-3H3,(H,29,33). The predicted octanol–water partition coefficient (Wildman–Crippen LogP) is 4.26. The van der Waals surface area contributed by atoms with Gasteiger partial charge in [0.15, 0.2) is 0 Å². The van der Waals surface area contributed by atoms with Crippen molar-refractivity contribution in [2.75, 3.05) is 17.9 Å². The van der Waals surface area contributed by atoms with Crippen LogP contribution in [-0.2, 0) is 32.6 Å². The summed E-state index contributed by atoms with van der Waals surface area (Å²) in [6.07, 6.45) is 0.792. The van der Waals surface area contributed by atoms with Gasteiger partial charge in [0.2, 0.25) is 11.8 Å². The van der Waals surface area contributed by atoms with E-state index in [2.05, 4.69) is 5.32 Å². The van der Waals surface area contributed by atoms with Gasteiger partial charge in [-0.3, -0.25) is 13.9 Å². The summed E-state index contributed by atoms with van der Waals surface area (Å²) in [5.41, 5.74) is 2.04. The number of hydrogen-bond acceptors (Lipinski definition) is 4. The van der Waals surface area contributed by atoms with Crippen LogP contribution >= 0.6 is 11.6 Å². The van der Waals surface area contributed by atoms with Crippen LogP contribution in [0.4, 0.5) is 5.69 Å². The molecule has 0 spiro atoms. The zero-order valence-corrected chi connectivity index (χ0v) is 22.1. The fourth-order valence-electron chi connectivity index (χ4n) is 3.75. The number of hydrogen-bond donors (Lipinski definition) is 1. The lowest BCUT2D eigenvalue weighted by Gasteiger charge is -2.32. The van der Waals surface area contributed by atoms with Gasteiger partial charge >= 0.3 is 0 Å². The third-order valence-corrected chi connectivity index (χ3v) is 8.11. The van der Waals surface area contributed by atoms with Crippen LogP contribution in [0.5, 0.6) is 0 Å². The highest BCUT2D eigenvalue weighted by Crippen LogP contribution is 2.25. The lowest BCUT2D eigenvalue weighted by Crippen LogP contribution is -2.50. The van der Waals surface area contributed by atoms with Crippen molar-refractivity contribution in [2.24, 2.45) is 0 Å². The van der Waals surface area contributed by atoms with E-state index in [4.69, 9.17) is 11.6 Å². The molecule has 7 nitrogen and oxygen atoms in total. The summed E-state index contributed by atoms with van der Waals surface area (Å²) < 4.78 is 28.4. The predicted molar refractivity (Wildman–Crippen MR) is 142 cm³/mol. The zero-order chi connectivity index (χ0) is 26.3. The number of nitrogens with zero attached hydrogens (tertiary/aromatic N) is 2. The second-order valence-corrected chi connectivity index (χ2v) is 10.5. The van der Waals surface area contributed by atoms with E-state index in [9.17, 15) is 18.0 Å². The van der Waals surface area contributed by atoms with E-state index in [0.29, 0.717) is 16.3 Å². The van der Waals surface area contributed by atoms with Gasteiger partial charge in [-0.2, -0.15) is 0 Å². The first-order valence-electron chi connectivity index (χ1n) is 11.6. The molecule has 9 heteroatoms. The van der Waals surface area contributed by atoms with Gasteiger partial charge in [-0.1, -0.05) is 67.1 Å². The molecule has 0 saturated heterocycles. The summed E-state index contributed by atoms with van der Waals surface area (Å²) in [6, 6.07) is 21.2. The van der Waals surface area contributed by atoms with Crippen molar-refractivity contribution in [2.45, 2.75) is 37.8 Å². The Morgan fingerprint density at radius 2 is 1.56 bits per heavy atom. The molecule has 3 aromatic carbocycles. The summed E-state index contributed by atoms with van der Waals surface area (Å²) in [5.74, 6) is -0.912. The van der Waals surface area contributed by atoms with E-state index in [1.165, 1.54) is 24.1 Å². The molecular weight excluding hydrogens is 498 g/mol. The lowest BCUT2D eigenvalue weighted by atomic mass is 10.1. The number of carbonyl (C=O) groups excluding carboxylic acids is 2. The van der Waals surface area contributed by atoms with Crippen LogP contribution in [0, 0.1) is 0 Å². The molecular formula is C27H30ClN3O4S. The molecule has 0 aromatic heterocycles. The molecule has 190 valence electrons. The number of rotatable bonds is 10. The maximum absolute atomic E-state index is 13.7. The second-order valence-electron chi connectivity index (χ2n) is 8.25. The van der Waals surface area contributed by atoms with Crippen LogP contribution in [0.2, 0.25) is 5.02 Å². The van der Waals surface area contributed by atoms with Gasteiger partial charge in [-0.15, -0.1) is 0 Å². The highest BCUT2D eigenvalue weighted by Gasteiger charge is 2.32. The van der Waals surface area contributed by atoms with E-state index < -0.39 is 28.5 Å². The molecule has 3 aromatic rings. The molecule has 0 aliphatic carbocycles. The number of benzene rings is 3. The molecule has 1 unspecified atom stereocenters. The van der Waals surface area contributed by atoms with Crippen molar-refractivity contribution < 1.29 is 18.0 Å². The first-order valence-corrected chi connectivity index (χ1v) is 13.4. The Kier molecular flexibility index (Phi) is 9.12. The van der Waals surface area contributed by atoms with E-state index in [0.717, 1.165) is 16.3 Å². The molecule has 0 heterocycles. The average Bonchev–Trinajstić information content (AvgIpc) is 2.90. The molecule has 1 N–H and O–H groups in total. The van der Waals surface area contributed by atoms with Crippen LogP contribution in [0.25, 0.3) is 0 Å². The summed E-state index contributed by atoms with van der Waals surface area (Å²) >= 11 is 6.33. The fraction of sp³-hybridized carbons (Fsp3) is 0.259. The van der Waals surface area contributed by atoms with Crippen molar-refractivity contribution >= 4 is 39.1 Å². The number of sulfonamides is 1. The van der Waals surface area contributed by atoms with Gasteiger partial charge in [-0.05, 0) is 54.8 Å². The lowest BCUT2D eigenvalue weighted by molar-refractivity contribution is -0.139. The van der Waals surface area contributed by atoms with Crippen molar-refractivity contribution in [1.82, 2.24) is 10.2 Å². The fourth-order valence-corrected chi connectivity index (χ4v) is 5.38. The molecule has 3 rings (SSSR count). The average molecular weight is 528 g/mol. The quantitative estimate of drug-likeness (QED) is 0.427. The number of likely N-dealkylation sites (N-methyl/N-ethyl adjacent to an activating group) is 1. The van der Waals surface area contributed by atoms with E-state index in [1.807, 2.05) is 19.1 Å². The summed E-state index contributed by atoms with van der Waals surface area (Å²) in [5, 5.41) is 3.00. The Hall–Kier alpha value is -3.36. The monoisotopic (exact) mass is 527 g/mol. The van der Waals surface area contributed by atoms with Gasteiger partial charge in [0.05, 0.1) is 10.6 Å². The van der Waals surface area contributed by atoms with Crippen LogP contribution < -0.4 is 9.62 Å². The highest BCUT2D eigenvalue weighted by molar-refractivity contribution is 7.92. The Bertz CT molecular complexity index is 1300. The molecule has 1 atom stereocenters. The Morgan fingerprint density at radius 3 is 2.14 bits per heavy atom. The first kappa shape index (κ1) is 27.2. The van der Waals surface area contributed by atoms with Crippen molar-refractivity contribution in [3.05, 3.63) is 95.0 Å². The van der Waals surface area contributed by atoms with Crippen LogP contribution in [-0.4, -0.2) is 44.8 Å². The number of aryl methyl sites for hydroxylation is 1. The maximum Gasteiger partial charge on any atom is 0.264 e. The molecule has 2 amide bonds. The molecule has 36 heavy (non-hydrogen) atoms. The summed E-state index contributed by atoms with van der Waals surface area (Å²) in [7, 11) is -2.59. The number of nitrogens with one attached hydrogen (secondary N) is 1. The summed E-state index contributed by atoms with van der Waals surface area (Å²) in [4.78, 5) is 27.6. The number of carbonyl (C=O) groups is 2. The van der Waals surface area contributed by atoms with Gasteiger partial charge in [-0.25, -0.2) is 8.42 Å². The highest BCUT2D eigenvalue weighted by atomic mass is 35.5. The van der Waals surface area contributed by atoms with Gasteiger partial charge in [0.1, 0.15) is 12.6 Å². The first-order chi connectivity index (χ1) is 17.2. The smallest absolute Gasteiger partial charge is 0.264 e. The van der Waals surface area contributed by atoms with Gasteiger partial charge < -0.3 is 10.2 Å². The maximum atomic E-state index is 13.7.